The Morgan fingerprint density at radius 3 is 2.63 bits per heavy atom. The Balaban J connectivity index is 1.84. The van der Waals surface area contributed by atoms with Crippen molar-refractivity contribution in [2.24, 2.45) is 0 Å². The zero-order valence-electron chi connectivity index (χ0n) is 14.7. The molecule has 1 N–H and O–H groups in total. The Kier molecular flexibility index (Phi) is 4.63. The lowest BCUT2D eigenvalue weighted by Gasteiger charge is -2.13. The van der Waals surface area contributed by atoms with Crippen LogP contribution in [0, 0.1) is 0 Å². The number of pyridine rings is 1. The predicted octanol–water partition coefficient (Wildman–Crippen LogP) is 3.99. The van der Waals surface area contributed by atoms with Crippen LogP contribution in [0.4, 0.5) is 0 Å². The van der Waals surface area contributed by atoms with Crippen LogP contribution in [0.1, 0.15) is 5.56 Å². The fraction of sp³-hybridized carbons (Fsp3) is 0.0952. The van der Waals surface area contributed by atoms with E-state index in [1.165, 1.54) is 0 Å². The number of methoxy groups -OCH3 is 1. The monoisotopic (exact) mass is 359 g/mol. The molecule has 2 aromatic heterocycles. The summed E-state index contributed by atoms with van der Waals surface area (Å²) in [7, 11) is 1.56. The fourth-order valence-corrected chi connectivity index (χ4v) is 2.75. The molecule has 27 heavy (non-hydrogen) atoms. The van der Waals surface area contributed by atoms with Crippen molar-refractivity contribution < 1.29 is 14.6 Å². The van der Waals surface area contributed by atoms with Crippen LogP contribution in [-0.4, -0.2) is 27.2 Å². The molecule has 0 spiro atoms. The van der Waals surface area contributed by atoms with Crippen molar-refractivity contribution in [1.82, 2.24) is 15.0 Å². The lowest BCUT2D eigenvalue weighted by atomic mass is 10.2. The van der Waals surface area contributed by atoms with Crippen molar-refractivity contribution in [3.05, 3.63) is 72.6 Å². The van der Waals surface area contributed by atoms with Gasteiger partial charge in [0.1, 0.15) is 0 Å². The van der Waals surface area contributed by atoms with Crippen LogP contribution in [-0.2, 0) is 6.61 Å². The van der Waals surface area contributed by atoms with E-state index in [4.69, 9.17) is 9.47 Å². The first kappa shape index (κ1) is 16.9. The summed E-state index contributed by atoms with van der Waals surface area (Å²) in [6, 6.07) is 16.7. The Labute approximate surface area is 156 Å². The Morgan fingerprint density at radius 2 is 1.85 bits per heavy atom. The summed E-state index contributed by atoms with van der Waals surface area (Å²) in [6.07, 6.45) is 3.42. The Bertz CT molecular complexity index is 1080. The standard InChI is InChI=1S/C21H17N3O3/c1-26-19-11-14(13-25)8-9-18(19)27-21-16-6-2-3-7-17(16)23-20(24-21)15-5-4-10-22-12-15/h2-12,25H,13H2,1H3. The first-order valence-electron chi connectivity index (χ1n) is 8.41. The summed E-state index contributed by atoms with van der Waals surface area (Å²) < 4.78 is 11.5. The highest BCUT2D eigenvalue weighted by molar-refractivity contribution is 5.85. The van der Waals surface area contributed by atoms with Gasteiger partial charge in [0.05, 0.1) is 24.6 Å². The summed E-state index contributed by atoms with van der Waals surface area (Å²) >= 11 is 0. The van der Waals surface area contributed by atoms with Crippen molar-refractivity contribution in [3.63, 3.8) is 0 Å². The number of hydrogen-bond donors (Lipinski definition) is 1. The molecule has 4 aromatic rings. The molecule has 0 bridgehead atoms. The van der Waals surface area contributed by atoms with E-state index in [0.29, 0.717) is 23.2 Å². The largest absolute Gasteiger partial charge is 0.493 e. The maximum atomic E-state index is 9.32. The van der Waals surface area contributed by atoms with Crippen molar-refractivity contribution in [2.45, 2.75) is 6.61 Å². The summed E-state index contributed by atoms with van der Waals surface area (Å²) in [5.41, 5.74) is 2.31. The maximum absolute atomic E-state index is 9.32. The van der Waals surface area contributed by atoms with Gasteiger partial charge in [-0.2, -0.15) is 4.98 Å². The third kappa shape index (κ3) is 3.43. The van der Waals surface area contributed by atoms with Crippen LogP contribution in [0.5, 0.6) is 17.4 Å². The second-order valence-corrected chi connectivity index (χ2v) is 5.86. The third-order valence-electron chi connectivity index (χ3n) is 4.11. The molecule has 134 valence electrons. The highest BCUT2D eigenvalue weighted by Gasteiger charge is 2.14. The van der Waals surface area contributed by atoms with E-state index >= 15 is 0 Å². The quantitative estimate of drug-likeness (QED) is 0.581. The van der Waals surface area contributed by atoms with E-state index in [2.05, 4.69) is 15.0 Å². The van der Waals surface area contributed by atoms with Crippen LogP contribution in [0.25, 0.3) is 22.3 Å². The zero-order chi connectivity index (χ0) is 18.6. The zero-order valence-corrected chi connectivity index (χ0v) is 14.7. The summed E-state index contributed by atoms with van der Waals surface area (Å²) in [6.45, 7) is -0.0712. The van der Waals surface area contributed by atoms with Gasteiger partial charge in [-0.15, -0.1) is 0 Å². The molecule has 2 aromatic carbocycles. The van der Waals surface area contributed by atoms with E-state index in [-0.39, 0.29) is 6.61 Å². The highest BCUT2D eigenvalue weighted by Crippen LogP contribution is 2.35. The number of ether oxygens (including phenoxy) is 2. The van der Waals surface area contributed by atoms with Crippen LogP contribution < -0.4 is 9.47 Å². The Morgan fingerprint density at radius 1 is 0.963 bits per heavy atom. The smallest absolute Gasteiger partial charge is 0.230 e. The average Bonchev–Trinajstić information content (AvgIpc) is 2.74. The second kappa shape index (κ2) is 7.39. The van der Waals surface area contributed by atoms with Gasteiger partial charge in [0, 0.05) is 18.0 Å². The number of nitrogens with zero attached hydrogens (tertiary/aromatic N) is 3. The third-order valence-corrected chi connectivity index (χ3v) is 4.11. The van der Waals surface area contributed by atoms with Crippen LogP contribution in [0.3, 0.4) is 0 Å². The van der Waals surface area contributed by atoms with Gasteiger partial charge in [0.15, 0.2) is 17.3 Å². The highest BCUT2D eigenvalue weighted by atomic mass is 16.5. The number of aliphatic hydroxyl groups excluding tert-OH is 1. The maximum Gasteiger partial charge on any atom is 0.230 e. The van der Waals surface area contributed by atoms with Crippen molar-refractivity contribution in [3.8, 4) is 28.8 Å². The molecule has 0 aliphatic carbocycles. The number of aromatic nitrogens is 3. The number of aliphatic hydroxyl groups is 1. The van der Waals surface area contributed by atoms with Crippen LogP contribution >= 0.6 is 0 Å². The molecule has 0 amide bonds. The molecule has 6 heteroatoms. The van der Waals surface area contributed by atoms with E-state index in [1.54, 1.807) is 37.7 Å². The van der Waals surface area contributed by atoms with Gasteiger partial charge in [0.25, 0.3) is 0 Å². The average molecular weight is 359 g/mol. The normalized spacial score (nSPS) is 10.7. The number of hydrogen-bond acceptors (Lipinski definition) is 6. The SMILES string of the molecule is COc1cc(CO)ccc1Oc1nc(-c2cccnc2)nc2ccccc12. The molecular weight excluding hydrogens is 342 g/mol. The van der Waals surface area contributed by atoms with Gasteiger partial charge in [-0.3, -0.25) is 4.98 Å². The van der Waals surface area contributed by atoms with Crippen LogP contribution in [0.2, 0.25) is 0 Å². The van der Waals surface area contributed by atoms with Gasteiger partial charge in [-0.1, -0.05) is 18.2 Å². The Hall–Kier alpha value is -3.51. The molecule has 2 heterocycles. The molecule has 0 aliphatic rings. The summed E-state index contributed by atoms with van der Waals surface area (Å²) in [4.78, 5) is 13.4. The van der Waals surface area contributed by atoms with Gasteiger partial charge in [0.2, 0.25) is 5.88 Å². The lowest BCUT2D eigenvalue weighted by molar-refractivity contribution is 0.280. The van der Waals surface area contributed by atoms with Gasteiger partial charge in [-0.25, -0.2) is 4.98 Å². The number of rotatable bonds is 5. The molecular formula is C21H17N3O3. The first-order chi connectivity index (χ1) is 13.3. The summed E-state index contributed by atoms with van der Waals surface area (Å²) in [5.74, 6) is 1.99. The number of fused-ring (bicyclic) bond motifs is 1. The molecule has 6 nitrogen and oxygen atoms in total. The minimum atomic E-state index is -0.0712. The molecule has 0 saturated carbocycles. The molecule has 0 saturated heterocycles. The predicted molar refractivity (Wildman–Crippen MR) is 102 cm³/mol. The van der Waals surface area contributed by atoms with E-state index < -0.39 is 0 Å². The number of benzene rings is 2. The topological polar surface area (TPSA) is 77.4 Å². The second-order valence-electron chi connectivity index (χ2n) is 5.86. The minimum absolute atomic E-state index is 0.0712. The molecule has 0 atom stereocenters. The van der Waals surface area contributed by atoms with Crippen LogP contribution in [0.15, 0.2) is 67.0 Å². The summed E-state index contributed by atoms with van der Waals surface area (Å²) in [5, 5.41) is 10.1. The fourth-order valence-electron chi connectivity index (χ4n) is 2.75. The van der Waals surface area contributed by atoms with Gasteiger partial charge >= 0.3 is 0 Å². The van der Waals surface area contributed by atoms with Gasteiger partial charge in [-0.05, 0) is 42.0 Å². The van der Waals surface area contributed by atoms with Crippen molar-refractivity contribution in [2.75, 3.05) is 7.11 Å². The van der Waals surface area contributed by atoms with E-state index in [0.717, 1.165) is 22.0 Å². The van der Waals surface area contributed by atoms with Crippen molar-refractivity contribution in [1.29, 1.82) is 0 Å². The van der Waals surface area contributed by atoms with E-state index in [9.17, 15) is 5.11 Å². The van der Waals surface area contributed by atoms with Crippen molar-refractivity contribution >= 4 is 10.9 Å². The first-order valence-corrected chi connectivity index (χ1v) is 8.41. The molecule has 0 fully saturated rings. The molecule has 4 rings (SSSR count). The molecule has 0 radical (unpaired) electrons. The molecule has 0 aliphatic heterocycles. The van der Waals surface area contributed by atoms with Gasteiger partial charge < -0.3 is 14.6 Å². The molecule has 0 unspecified atom stereocenters. The number of para-hydroxylation sites is 1. The van der Waals surface area contributed by atoms with E-state index in [1.807, 2.05) is 36.4 Å². The lowest BCUT2D eigenvalue weighted by Crippen LogP contribution is -1.98. The minimum Gasteiger partial charge on any atom is -0.493 e.